The van der Waals surface area contributed by atoms with E-state index in [4.69, 9.17) is 0 Å². The third-order valence-electron chi connectivity index (χ3n) is 3.06. The Labute approximate surface area is 120 Å². The first-order valence-electron chi connectivity index (χ1n) is 6.46. The molecule has 1 aromatic heterocycles. The summed E-state index contributed by atoms with van der Waals surface area (Å²) in [7, 11) is 0. The van der Waals surface area contributed by atoms with Gasteiger partial charge in [-0.05, 0) is 37.6 Å². The van der Waals surface area contributed by atoms with Crippen LogP contribution in [0.1, 0.15) is 24.3 Å². The molecule has 1 heterocycles. The molecule has 2 rings (SSSR count). The van der Waals surface area contributed by atoms with Crippen LogP contribution in [0.25, 0.3) is 10.9 Å². The Morgan fingerprint density at radius 3 is 2.76 bits per heavy atom. The van der Waals surface area contributed by atoms with Crippen LogP contribution in [-0.2, 0) is 9.53 Å². The van der Waals surface area contributed by atoms with E-state index in [0.717, 1.165) is 5.69 Å². The van der Waals surface area contributed by atoms with Crippen LogP contribution in [0.5, 0.6) is 0 Å². The fourth-order valence-electron chi connectivity index (χ4n) is 1.96. The highest BCUT2D eigenvalue weighted by Crippen LogP contribution is 2.33. The fourth-order valence-corrected chi connectivity index (χ4v) is 1.96. The van der Waals surface area contributed by atoms with Crippen molar-refractivity contribution in [3.8, 4) is 0 Å². The van der Waals surface area contributed by atoms with E-state index >= 15 is 0 Å². The van der Waals surface area contributed by atoms with E-state index in [2.05, 4.69) is 9.72 Å². The Balaban J connectivity index is 2.36. The van der Waals surface area contributed by atoms with E-state index in [9.17, 15) is 18.7 Å². The Kier molecular flexibility index (Phi) is 4.18. The van der Waals surface area contributed by atoms with Gasteiger partial charge in [-0.1, -0.05) is 12.1 Å². The lowest BCUT2D eigenvalue weighted by Gasteiger charge is -2.21. The molecule has 2 aromatic rings. The number of alkyl halides is 2. The summed E-state index contributed by atoms with van der Waals surface area (Å²) in [6.07, 6.45) is -2.26. The third-order valence-corrected chi connectivity index (χ3v) is 3.06. The van der Waals surface area contributed by atoms with Crippen LogP contribution < -0.4 is 0 Å². The number of hydrogen-bond acceptors (Lipinski definition) is 4. The summed E-state index contributed by atoms with van der Waals surface area (Å²) >= 11 is 0. The number of aryl methyl sites for hydroxylation is 1. The maximum absolute atomic E-state index is 13.8. The van der Waals surface area contributed by atoms with Crippen molar-refractivity contribution in [1.82, 2.24) is 4.98 Å². The van der Waals surface area contributed by atoms with Gasteiger partial charge in [0, 0.05) is 11.1 Å². The maximum atomic E-state index is 13.8. The summed E-state index contributed by atoms with van der Waals surface area (Å²) in [5.41, 5.74) is 1.37. The van der Waals surface area contributed by atoms with E-state index in [1.807, 2.05) is 6.92 Å². The third kappa shape index (κ3) is 3.00. The molecule has 0 aliphatic carbocycles. The smallest absolute Gasteiger partial charge is 0.380 e. The number of ether oxygens (including phenoxy) is 1. The molecule has 0 aliphatic heterocycles. The zero-order valence-electron chi connectivity index (χ0n) is 11.6. The topological polar surface area (TPSA) is 59.4 Å². The quantitative estimate of drug-likeness (QED) is 0.881. The molecule has 0 radical (unpaired) electrons. The molecular formula is C15H15F2NO3. The van der Waals surface area contributed by atoms with Gasteiger partial charge in [0.05, 0.1) is 12.1 Å². The maximum Gasteiger partial charge on any atom is 0.380 e. The standard InChI is InChI=1S/C15H15F2NO3/c1-3-21-14(20)15(16,17)13(19)11-6-7-12-10(8-11)5-4-9(2)18-12/h4-8,13,19H,3H2,1-2H3. The van der Waals surface area contributed by atoms with Gasteiger partial charge in [-0.3, -0.25) is 4.98 Å². The number of aromatic nitrogens is 1. The van der Waals surface area contributed by atoms with Gasteiger partial charge in [-0.15, -0.1) is 0 Å². The van der Waals surface area contributed by atoms with Crippen LogP contribution in [0.4, 0.5) is 8.78 Å². The molecule has 6 heteroatoms. The first kappa shape index (κ1) is 15.3. The predicted molar refractivity (Wildman–Crippen MR) is 73.0 cm³/mol. The van der Waals surface area contributed by atoms with Crippen LogP contribution in [0, 0.1) is 6.92 Å². The molecule has 1 N–H and O–H groups in total. The molecular weight excluding hydrogens is 280 g/mol. The zero-order valence-corrected chi connectivity index (χ0v) is 11.6. The molecule has 0 amide bonds. The lowest BCUT2D eigenvalue weighted by atomic mass is 10.0. The number of halogens is 2. The number of aliphatic hydroxyl groups excluding tert-OH is 1. The van der Waals surface area contributed by atoms with E-state index < -0.39 is 18.0 Å². The molecule has 0 bridgehead atoms. The average Bonchev–Trinajstić information content (AvgIpc) is 2.46. The molecule has 0 saturated heterocycles. The van der Waals surface area contributed by atoms with Crippen molar-refractivity contribution in [3.05, 3.63) is 41.6 Å². The van der Waals surface area contributed by atoms with Gasteiger partial charge < -0.3 is 9.84 Å². The van der Waals surface area contributed by atoms with Gasteiger partial charge in [0.15, 0.2) is 6.10 Å². The Morgan fingerprint density at radius 1 is 1.38 bits per heavy atom. The van der Waals surface area contributed by atoms with Gasteiger partial charge >= 0.3 is 11.9 Å². The molecule has 1 atom stereocenters. The molecule has 0 spiro atoms. The summed E-state index contributed by atoms with van der Waals surface area (Å²) in [4.78, 5) is 15.5. The van der Waals surface area contributed by atoms with Gasteiger partial charge in [-0.25, -0.2) is 4.79 Å². The minimum absolute atomic E-state index is 0.0637. The van der Waals surface area contributed by atoms with Gasteiger partial charge in [0.2, 0.25) is 0 Å². The number of nitrogens with zero attached hydrogens (tertiary/aromatic N) is 1. The highest BCUT2D eigenvalue weighted by molar-refractivity contribution is 5.81. The van der Waals surface area contributed by atoms with Crippen LogP contribution in [0.2, 0.25) is 0 Å². The molecule has 1 unspecified atom stereocenters. The first-order valence-corrected chi connectivity index (χ1v) is 6.46. The number of pyridine rings is 1. The molecule has 112 valence electrons. The summed E-state index contributed by atoms with van der Waals surface area (Å²) in [5.74, 6) is -5.73. The number of aliphatic hydroxyl groups is 1. The second kappa shape index (κ2) is 5.73. The molecule has 0 saturated carbocycles. The minimum atomic E-state index is -4.00. The molecule has 0 aliphatic rings. The Bertz CT molecular complexity index is 673. The summed E-state index contributed by atoms with van der Waals surface area (Å²) in [5, 5.41) is 10.4. The first-order chi connectivity index (χ1) is 9.86. The largest absolute Gasteiger partial charge is 0.461 e. The average molecular weight is 295 g/mol. The van der Waals surface area contributed by atoms with Crippen molar-refractivity contribution in [2.24, 2.45) is 0 Å². The molecule has 4 nitrogen and oxygen atoms in total. The SMILES string of the molecule is CCOC(=O)C(F)(F)C(O)c1ccc2nc(C)ccc2c1. The van der Waals surface area contributed by atoms with Crippen molar-refractivity contribution >= 4 is 16.9 Å². The van der Waals surface area contributed by atoms with Crippen molar-refractivity contribution < 1.29 is 23.4 Å². The Morgan fingerprint density at radius 2 is 2.10 bits per heavy atom. The summed E-state index contributed by atoms with van der Waals surface area (Å²) in [6.45, 7) is 3.06. The van der Waals surface area contributed by atoms with Crippen molar-refractivity contribution in [2.45, 2.75) is 25.9 Å². The van der Waals surface area contributed by atoms with Gasteiger partial charge in [0.25, 0.3) is 0 Å². The number of esters is 1. The minimum Gasteiger partial charge on any atom is -0.461 e. The highest BCUT2D eigenvalue weighted by Gasteiger charge is 2.49. The van der Waals surface area contributed by atoms with Gasteiger partial charge in [-0.2, -0.15) is 8.78 Å². The zero-order chi connectivity index (χ0) is 15.6. The van der Waals surface area contributed by atoms with E-state index in [-0.39, 0.29) is 12.2 Å². The highest BCUT2D eigenvalue weighted by atomic mass is 19.3. The van der Waals surface area contributed by atoms with Crippen LogP contribution >= 0.6 is 0 Å². The van der Waals surface area contributed by atoms with Gasteiger partial charge in [0.1, 0.15) is 0 Å². The van der Waals surface area contributed by atoms with Crippen molar-refractivity contribution in [1.29, 1.82) is 0 Å². The lowest BCUT2D eigenvalue weighted by molar-refractivity contribution is -0.189. The Hall–Kier alpha value is -2.08. The number of rotatable bonds is 4. The number of hydrogen-bond donors (Lipinski definition) is 1. The fraction of sp³-hybridized carbons (Fsp3) is 0.333. The van der Waals surface area contributed by atoms with Crippen molar-refractivity contribution in [3.63, 3.8) is 0 Å². The lowest BCUT2D eigenvalue weighted by Crippen LogP contribution is -2.37. The van der Waals surface area contributed by atoms with Crippen LogP contribution in [-0.4, -0.2) is 28.6 Å². The predicted octanol–water partition coefficient (Wildman–Crippen LogP) is 2.78. The summed E-state index contributed by atoms with van der Waals surface area (Å²) < 4.78 is 31.9. The molecule has 1 aromatic carbocycles. The number of fused-ring (bicyclic) bond motifs is 1. The van der Waals surface area contributed by atoms with E-state index in [1.165, 1.54) is 25.1 Å². The number of carbonyl (C=O) groups excluding carboxylic acids is 1. The van der Waals surface area contributed by atoms with Crippen molar-refractivity contribution in [2.75, 3.05) is 6.61 Å². The number of carbonyl (C=O) groups is 1. The van der Waals surface area contributed by atoms with Crippen LogP contribution in [0.15, 0.2) is 30.3 Å². The molecule has 0 fully saturated rings. The number of benzene rings is 1. The normalized spacial score (nSPS) is 13.2. The van der Waals surface area contributed by atoms with Crippen LogP contribution in [0.3, 0.4) is 0 Å². The second-order valence-corrected chi connectivity index (χ2v) is 4.65. The van der Waals surface area contributed by atoms with E-state index in [0.29, 0.717) is 10.9 Å². The monoisotopic (exact) mass is 295 g/mol. The summed E-state index contributed by atoms with van der Waals surface area (Å²) in [6, 6.07) is 7.70. The second-order valence-electron chi connectivity index (χ2n) is 4.65. The molecule has 21 heavy (non-hydrogen) atoms. The van der Waals surface area contributed by atoms with E-state index in [1.54, 1.807) is 12.1 Å².